The topological polar surface area (TPSA) is 69.8 Å². The van der Waals surface area contributed by atoms with Crippen LogP contribution in [-0.4, -0.2) is 58.8 Å². The highest BCUT2D eigenvalue weighted by Gasteiger charge is 2.18. The molecule has 1 aliphatic heterocycles. The van der Waals surface area contributed by atoms with E-state index in [0.29, 0.717) is 12.3 Å². The van der Waals surface area contributed by atoms with Gasteiger partial charge in [-0.15, -0.1) is 0 Å². The number of rotatable bonds is 5. The van der Waals surface area contributed by atoms with Gasteiger partial charge in [-0.3, -0.25) is 4.90 Å². The van der Waals surface area contributed by atoms with Crippen LogP contribution in [0.2, 0.25) is 0 Å². The SMILES string of the molecule is CCCN1CCN(Cc2cc(C(=O)O)no2)CC1. The maximum absolute atomic E-state index is 10.7. The summed E-state index contributed by atoms with van der Waals surface area (Å²) in [6, 6.07) is 1.50. The molecule has 0 atom stereocenters. The number of nitrogens with zero attached hydrogens (tertiary/aromatic N) is 3. The fraction of sp³-hybridized carbons (Fsp3) is 0.667. The van der Waals surface area contributed by atoms with Crippen LogP contribution < -0.4 is 0 Å². The summed E-state index contributed by atoms with van der Waals surface area (Å²) in [7, 11) is 0. The van der Waals surface area contributed by atoms with E-state index in [1.165, 1.54) is 12.5 Å². The third kappa shape index (κ3) is 3.30. The van der Waals surface area contributed by atoms with Gasteiger partial charge in [-0.2, -0.15) is 0 Å². The van der Waals surface area contributed by atoms with E-state index in [1.807, 2.05) is 0 Å². The van der Waals surface area contributed by atoms with Crippen LogP contribution in [-0.2, 0) is 6.54 Å². The molecule has 6 nitrogen and oxygen atoms in total. The molecule has 1 saturated heterocycles. The molecule has 2 heterocycles. The van der Waals surface area contributed by atoms with E-state index in [-0.39, 0.29) is 5.69 Å². The minimum Gasteiger partial charge on any atom is -0.476 e. The maximum Gasteiger partial charge on any atom is 0.358 e. The molecule has 100 valence electrons. The number of carbonyl (C=O) groups is 1. The van der Waals surface area contributed by atoms with Gasteiger partial charge in [0.05, 0.1) is 6.54 Å². The zero-order valence-corrected chi connectivity index (χ0v) is 10.6. The van der Waals surface area contributed by atoms with Gasteiger partial charge in [-0.1, -0.05) is 12.1 Å². The first-order valence-corrected chi connectivity index (χ1v) is 6.32. The van der Waals surface area contributed by atoms with Crippen molar-refractivity contribution < 1.29 is 14.4 Å². The van der Waals surface area contributed by atoms with E-state index in [1.54, 1.807) is 0 Å². The molecule has 1 fully saturated rings. The molecule has 1 aliphatic rings. The molecule has 0 radical (unpaired) electrons. The first-order valence-electron chi connectivity index (χ1n) is 6.32. The Balaban J connectivity index is 1.82. The predicted molar refractivity (Wildman–Crippen MR) is 65.5 cm³/mol. The summed E-state index contributed by atoms with van der Waals surface area (Å²) in [4.78, 5) is 15.4. The fourth-order valence-corrected chi connectivity index (χ4v) is 2.20. The highest BCUT2D eigenvalue weighted by molar-refractivity contribution is 5.85. The van der Waals surface area contributed by atoms with Gasteiger partial charge in [0.25, 0.3) is 0 Å². The van der Waals surface area contributed by atoms with Gasteiger partial charge in [0.1, 0.15) is 0 Å². The monoisotopic (exact) mass is 253 g/mol. The van der Waals surface area contributed by atoms with Gasteiger partial charge < -0.3 is 14.5 Å². The van der Waals surface area contributed by atoms with Crippen LogP contribution in [0, 0.1) is 0 Å². The fourth-order valence-electron chi connectivity index (χ4n) is 2.20. The molecule has 1 aromatic heterocycles. The van der Waals surface area contributed by atoms with Crippen molar-refractivity contribution in [3.8, 4) is 0 Å². The van der Waals surface area contributed by atoms with Crippen molar-refractivity contribution in [1.29, 1.82) is 0 Å². The van der Waals surface area contributed by atoms with Gasteiger partial charge in [-0.25, -0.2) is 4.79 Å². The standard InChI is InChI=1S/C12H19N3O3/c1-2-3-14-4-6-15(7-5-14)9-10-8-11(12(16)17)13-18-10/h8H,2-7,9H2,1H3,(H,16,17). The summed E-state index contributed by atoms with van der Waals surface area (Å²) in [6.07, 6.45) is 1.18. The smallest absolute Gasteiger partial charge is 0.358 e. The summed E-state index contributed by atoms with van der Waals surface area (Å²) in [5, 5.41) is 12.3. The number of carboxylic acids is 1. The van der Waals surface area contributed by atoms with Gasteiger partial charge in [0.2, 0.25) is 0 Å². The molecule has 0 bridgehead atoms. The zero-order chi connectivity index (χ0) is 13.0. The first kappa shape index (κ1) is 13.0. The third-order valence-electron chi connectivity index (χ3n) is 3.16. The average Bonchev–Trinajstić information content (AvgIpc) is 2.81. The van der Waals surface area contributed by atoms with Crippen LogP contribution in [0.1, 0.15) is 29.6 Å². The second kappa shape index (κ2) is 5.97. The average molecular weight is 253 g/mol. The first-order chi connectivity index (χ1) is 8.69. The quantitative estimate of drug-likeness (QED) is 0.840. The molecule has 0 spiro atoms. The molecular formula is C12H19N3O3. The Morgan fingerprint density at radius 2 is 2.06 bits per heavy atom. The third-order valence-corrected chi connectivity index (χ3v) is 3.16. The van der Waals surface area contributed by atoms with Crippen molar-refractivity contribution in [2.75, 3.05) is 32.7 Å². The molecule has 1 N–H and O–H groups in total. The lowest BCUT2D eigenvalue weighted by Crippen LogP contribution is -2.45. The van der Waals surface area contributed by atoms with Crippen molar-refractivity contribution in [2.24, 2.45) is 0 Å². The maximum atomic E-state index is 10.7. The van der Waals surface area contributed by atoms with E-state index in [0.717, 1.165) is 32.7 Å². The minimum absolute atomic E-state index is 0.0189. The van der Waals surface area contributed by atoms with Crippen LogP contribution in [0.3, 0.4) is 0 Å². The van der Waals surface area contributed by atoms with E-state index >= 15 is 0 Å². The highest BCUT2D eigenvalue weighted by atomic mass is 16.5. The van der Waals surface area contributed by atoms with Crippen LogP contribution in [0.25, 0.3) is 0 Å². The second-order valence-electron chi connectivity index (χ2n) is 4.60. The van der Waals surface area contributed by atoms with Crippen LogP contribution in [0.5, 0.6) is 0 Å². The largest absolute Gasteiger partial charge is 0.476 e. The highest BCUT2D eigenvalue weighted by Crippen LogP contribution is 2.10. The summed E-state index contributed by atoms with van der Waals surface area (Å²) in [6.45, 7) is 8.08. The summed E-state index contributed by atoms with van der Waals surface area (Å²) in [5.74, 6) is -0.422. The van der Waals surface area contributed by atoms with Crippen molar-refractivity contribution in [3.05, 3.63) is 17.5 Å². The molecule has 18 heavy (non-hydrogen) atoms. The number of aromatic nitrogens is 1. The molecule has 0 unspecified atom stereocenters. The van der Waals surface area contributed by atoms with Gasteiger partial charge in [0, 0.05) is 32.2 Å². The van der Waals surface area contributed by atoms with Crippen molar-refractivity contribution >= 4 is 5.97 Å². The normalized spacial score (nSPS) is 18.1. The summed E-state index contributed by atoms with van der Waals surface area (Å²) >= 11 is 0. The molecule has 2 rings (SSSR count). The van der Waals surface area contributed by atoms with E-state index in [4.69, 9.17) is 9.63 Å². The lowest BCUT2D eigenvalue weighted by Gasteiger charge is -2.33. The summed E-state index contributed by atoms with van der Waals surface area (Å²) in [5.41, 5.74) is -0.0189. The van der Waals surface area contributed by atoms with E-state index in [2.05, 4.69) is 21.9 Å². The van der Waals surface area contributed by atoms with Crippen molar-refractivity contribution in [3.63, 3.8) is 0 Å². The summed E-state index contributed by atoms with van der Waals surface area (Å²) < 4.78 is 5.02. The molecule has 0 amide bonds. The number of hydrogen-bond donors (Lipinski definition) is 1. The van der Waals surface area contributed by atoms with Crippen molar-refractivity contribution in [1.82, 2.24) is 15.0 Å². The van der Waals surface area contributed by atoms with Crippen LogP contribution in [0.15, 0.2) is 10.6 Å². The minimum atomic E-state index is -1.04. The van der Waals surface area contributed by atoms with Crippen molar-refractivity contribution in [2.45, 2.75) is 19.9 Å². The molecule has 6 heteroatoms. The van der Waals surface area contributed by atoms with Gasteiger partial charge >= 0.3 is 5.97 Å². The Hall–Kier alpha value is -1.40. The van der Waals surface area contributed by atoms with E-state index < -0.39 is 5.97 Å². The van der Waals surface area contributed by atoms with Gasteiger partial charge in [0.15, 0.2) is 11.5 Å². The Labute approximate surface area is 106 Å². The van der Waals surface area contributed by atoms with Gasteiger partial charge in [-0.05, 0) is 13.0 Å². The molecule has 0 aromatic carbocycles. The Morgan fingerprint density at radius 3 is 2.61 bits per heavy atom. The van der Waals surface area contributed by atoms with Crippen LogP contribution in [0.4, 0.5) is 0 Å². The number of piperazine rings is 1. The number of hydrogen-bond acceptors (Lipinski definition) is 5. The van der Waals surface area contributed by atoms with E-state index in [9.17, 15) is 4.79 Å². The molecule has 0 saturated carbocycles. The Morgan fingerprint density at radius 1 is 1.39 bits per heavy atom. The predicted octanol–water partition coefficient (Wildman–Crippen LogP) is 0.900. The second-order valence-corrected chi connectivity index (χ2v) is 4.60. The van der Waals surface area contributed by atoms with Crippen LogP contribution >= 0.6 is 0 Å². The lowest BCUT2D eigenvalue weighted by molar-refractivity contribution is 0.0685. The number of aromatic carboxylic acids is 1. The molecule has 0 aliphatic carbocycles. The Bertz CT molecular complexity index is 397. The zero-order valence-electron chi connectivity index (χ0n) is 10.6. The Kier molecular flexibility index (Phi) is 4.33. The molecular weight excluding hydrogens is 234 g/mol. The molecule has 1 aromatic rings. The number of carboxylic acid groups (broad SMARTS) is 1. The lowest BCUT2D eigenvalue weighted by atomic mass is 10.2.